The van der Waals surface area contributed by atoms with Gasteiger partial charge in [-0.15, -0.1) is 0 Å². The SMILES string of the molecule is Cc1ccc(OCCn2cccn2)c(CNC2CC2)n1. The Hall–Kier alpha value is -1.88. The van der Waals surface area contributed by atoms with E-state index in [1.165, 1.54) is 12.8 Å². The summed E-state index contributed by atoms with van der Waals surface area (Å²) in [5.74, 6) is 0.871. The van der Waals surface area contributed by atoms with Gasteiger partial charge in [0.05, 0.1) is 12.2 Å². The van der Waals surface area contributed by atoms with Crippen LogP contribution in [0.1, 0.15) is 24.2 Å². The highest BCUT2D eigenvalue weighted by molar-refractivity contribution is 5.29. The number of rotatable bonds is 7. The summed E-state index contributed by atoms with van der Waals surface area (Å²) < 4.78 is 7.72. The summed E-state index contributed by atoms with van der Waals surface area (Å²) in [6.07, 6.45) is 6.27. The molecule has 0 aromatic carbocycles. The molecule has 2 aromatic rings. The van der Waals surface area contributed by atoms with Crippen molar-refractivity contribution >= 4 is 0 Å². The van der Waals surface area contributed by atoms with Crippen molar-refractivity contribution in [3.05, 3.63) is 42.0 Å². The van der Waals surface area contributed by atoms with E-state index >= 15 is 0 Å². The van der Waals surface area contributed by atoms with Gasteiger partial charge in [-0.2, -0.15) is 5.10 Å². The Bertz CT molecular complexity index is 549. The van der Waals surface area contributed by atoms with E-state index in [2.05, 4.69) is 15.4 Å². The fraction of sp³-hybridized carbons (Fsp3) is 0.467. The van der Waals surface area contributed by atoms with E-state index in [0.29, 0.717) is 12.6 Å². The third kappa shape index (κ3) is 3.57. The molecule has 0 spiro atoms. The third-order valence-electron chi connectivity index (χ3n) is 3.34. The lowest BCUT2D eigenvalue weighted by Crippen LogP contribution is -2.18. The van der Waals surface area contributed by atoms with Crippen LogP contribution in [0.15, 0.2) is 30.6 Å². The standard InChI is InChI=1S/C15H20N4O/c1-12-3-6-15(14(18-12)11-16-13-4-5-13)20-10-9-19-8-2-7-17-19/h2-3,6-8,13,16H,4-5,9-11H2,1H3. The highest BCUT2D eigenvalue weighted by Crippen LogP contribution is 2.22. The third-order valence-corrected chi connectivity index (χ3v) is 3.34. The highest BCUT2D eigenvalue weighted by Gasteiger charge is 2.21. The van der Waals surface area contributed by atoms with Gasteiger partial charge >= 0.3 is 0 Å². The van der Waals surface area contributed by atoms with Crippen molar-refractivity contribution in [1.29, 1.82) is 0 Å². The number of nitrogens with one attached hydrogen (secondary N) is 1. The van der Waals surface area contributed by atoms with E-state index in [4.69, 9.17) is 4.74 Å². The van der Waals surface area contributed by atoms with Crippen molar-refractivity contribution in [2.75, 3.05) is 6.61 Å². The molecule has 0 atom stereocenters. The summed E-state index contributed by atoms with van der Waals surface area (Å²) in [6.45, 7) is 4.14. The molecule has 1 fully saturated rings. The van der Waals surface area contributed by atoms with Crippen molar-refractivity contribution in [2.24, 2.45) is 0 Å². The molecule has 20 heavy (non-hydrogen) atoms. The summed E-state index contributed by atoms with van der Waals surface area (Å²) in [4.78, 5) is 4.58. The summed E-state index contributed by atoms with van der Waals surface area (Å²) >= 11 is 0. The van der Waals surface area contributed by atoms with Gasteiger partial charge in [0.2, 0.25) is 0 Å². The molecule has 0 radical (unpaired) electrons. The summed E-state index contributed by atoms with van der Waals surface area (Å²) in [5, 5.41) is 7.64. The Morgan fingerprint density at radius 1 is 1.40 bits per heavy atom. The predicted molar refractivity (Wildman–Crippen MR) is 76.6 cm³/mol. The minimum absolute atomic E-state index is 0.600. The lowest BCUT2D eigenvalue weighted by molar-refractivity contribution is 0.286. The second-order valence-corrected chi connectivity index (χ2v) is 5.17. The molecule has 0 bridgehead atoms. The maximum atomic E-state index is 5.85. The number of ether oxygens (including phenoxy) is 1. The molecule has 0 aliphatic heterocycles. The predicted octanol–water partition coefficient (Wildman–Crippen LogP) is 1.92. The number of aryl methyl sites for hydroxylation is 1. The topological polar surface area (TPSA) is 52.0 Å². The minimum Gasteiger partial charge on any atom is -0.490 e. The number of aromatic nitrogens is 3. The van der Waals surface area contributed by atoms with Crippen LogP contribution in [0.5, 0.6) is 5.75 Å². The van der Waals surface area contributed by atoms with Crippen molar-refractivity contribution in [1.82, 2.24) is 20.1 Å². The van der Waals surface area contributed by atoms with Crippen LogP contribution in [-0.4, -0.2) is 27.4 Å². The zero-order valence-electron chi connectivity index (χ0n) is 11.7. The van der Waals surface area contributed by atoms with E-state index < -0.39 is 0 Å². The molecule has 1 aliphatic carbocycles. The quantitative estimate of drug-likeness (QED) is 0.836. The zero-order chi connectivity index (χ0) is 13.8. The number of nitrogens with zero attached hydrogens (tertiary/aromatic N) is 3. The summed E-state index contributed by atoms with van der Waals surface area (Å²) in [5.41, 5.74) is 2.02. The first-order chi connectivity index (χ1) is 9.81. The molecule has 0 unspecified atom stereocenters. The maximum Gasteiger partial charge on any atom is 0.142 e. The molecule has 106 valence electrons. The van der Waals surface area contributed by atoms with Crippen molar-refractivity contribution in [3.8, 4) is 5.75 Å². The molecule has 2 aromatic heterocycles. The normalized spacial score (nSPS) is 14.4. The Morgan fingerprint density at radius 2 is 2.30 bits per heavy atom. The van der Waals surface area contributed by atoms with E-state index in [9.17, 15) is 0 Å². The van der Waals surface area contributed by atoms with Gasteiger partial charge < -0.3 is 10.1 Å². The smallest absolute Gasteiger partial charge is 0.142 e. The lowest BCUT2D eigenvalue weighted by atomic mass is 10.3. The Balaban J connectivity index is 1.58. The van der Waals surface area contributed by atoms with Crippen LogP contribution in [0.2, 0.25) is 0 Å². The molecule has 3 rings (SSSR count). The maximum absolute atomic E-state index is 5.85. The number of pyridine rings is 1. The first-order valence-corrected chi connectivity index (χ1v) is 7.11. The molecular weight excluding hydrogens is 252 g/mol. The fourth-order valence-corrected chi connectivity index (χ4v) is 2.07. The van der Waals surface area contributed by atoms with Gasteiger partial charge in [0, 0.05) is 30.7 Å². The average Bonchev–Trinajstić information content (AvgIpc) is 3.13. The first kappa shape index (κ1) is 13.1. The van der Waals surface area contributed by atoms with E-state index in [-0.39, 0.29) is 0 Å². The second-order valence-electron chi connectivity index (χ2n) is 5.17. The summed E-state index contributed by atoms with van der Waals surface area (Å²) in [6, 6.07) is 6.59. The van der Waals surface area contributed by atoms with Gasteiger partial charge in [0.15, 0.2) is 0 Å². The van der Waals surface area contributed by atoms with Crippen LogP contribution in [0.3, 0.4) is 0 Å². The summed E-state index contributed by atoms with van der Waals surface area (Å²) in [7, 11) is 0. The van der Waals surface area contributed by atoms with Gasteiger partial charge in [-0.3, -0.25) is 9.67 Å². The van der Waals surface area contributed by atoms with Gasteiger partial charge in [-0.25, -0.2) is 0 Å². The van der Waals surface area contributed by atoms with Crippen LogP contribution in [0.4, 0.5) is 0 Å². The molecule has 2 heterocycles. The van der Waals surface area contributed by atoms with E-state index in [1.54, 1.807) is 6.20 Å². The zero-order valence-corrected chi connectivity index (χ0v) is 11.7. The molecule has 0 saturated heterocycles. The van der Waals surface area contributed by atoms with Crippen LogP contribution in [0.25, 0.3) is 0 Å². The molecule has 1 N–H and O–H groups in total. The highest BCUT2D eigenvalue weighted by atomic mass is 16.5. The number of hydrogen-bond donors (Lipinski definition) is 1. The van der Waals surface area contributed by atoms with Crippen LogP contribution in [-0.2, 0) is 13.1 Å². The largest absolute Gasteiger partial charge is 0.490 e. The Morgan fingerprint density at radius 3 is 3.05 bits per heavy atom. The molecule has 5 heteroatoms. The molecular formula is C15H20N4O. The van der Waals surface area contributed by atoms with Gasteiger partial charge in [-0.1, -0.05) is 0 Å². The molecule has 0 amide bonds. The molecule has 1 aliphatic rings. The van der Waals surface area contributed by atoms with Crippen molar-refractivity contribution < 1.29 is 4.74 Å². The number of hydrogen-bond acceptors (Lipinski definition) is 4. The lowest BCUT2D eigenvalue weighted by Gasteiger charge is -2.12. The fourth-order valence-electron chi connectivity index (χ4n) is 2.07. The molecule has 5 nitrogen and oxygen atoms in total. The van der Waals surface area contributed by atoms with Gasteiger partial charge in [-0.05, 0) is 38.0 Å². The minimum atomic E-state index is 0.600. The Kier molecular flexibility index (Phi) is 3.97. The van der Waals surface area contributed by atoms with Gasteiger partial charge in [0.1, 0.15) is 12.4 Å². The van der Waals surface area contributed by atoms with Crippen molar-refractivity contribution in [3.63, 3.8) is 0 Å². The van der Waals surface area contributed by atoms with Crippen LogP contribution in [0, 0.1) is 6.92 Å². The van der Waals surface area contributed by atoms with Crippen LogP contribution >= 0.6 is 0 Å². The Labute approximate surface area is 119 Å². The second kappa shape index (κ2) is 6.05. The molecule has 1 saturated carbocycles. The van der Waals surface area contributed by atoms with E-state index in [1.807, 2.05) is 36.0 Å². The average molecular weight is 272 g/mol. The van der Waals surface area contributed by atoms with E-state index in [0.717, 1.165) is 30.2 Å². The monoisotopic (exact) mass is 272 g/mol. The first-order valence-electron chi connectivity index (χ1n) is 7.11. The van der Waals surface area contributed by atoms with Crippen molar-refractivity contribution in [2.45, 2.75) is 38.9 Å². The van der Waals surface area contributed by atoms with Crippen LogP contribution < -0.4 is 10.1 Å². The van der Waals surface area contributed by atoms with Gasteiger partial charge in [0.25, 0.3) is 0 Å².